The molecule has 19 heavy (non-hydrogen) atoms. The molecule has 1 saturated heterocycles. The number of methoxy groups -OCH3 is 1. The van der Waals surface area contributed by atoms with Gasteiger partial charge in [-0.3, -0.25) is 14.5 Å². The molecule has 0 aliphatic carbocycles. The average Bonchev–Trinajstić information content (AvgIpc) is 2.42. The van der Waals surface area contributed by atoms with Crippen molar-refractivity contribution in [3.8, 4) is 5.75 Å². The van der Waals surface area contributed by atoms with E-state index in [1.165, 1.54) is 4.90 Å². The van der Waals surface area contributed by atoms with Crippen LogP contribution in [0.4, 0.5) is 0 Å². The molecule has 0 unspecified atom stereocenters. The monoisotopic (exact) mass is 262 g/mol. The van der Waals surface area contributed by atoms with Gasteiger partial charge in [-0.05, 0) is 11.6 Å². The lowest BCUT2D eigenvalue weighted by Crippen LogP contribution is -2.45. The molecular weight excluding hydrogens is 244 g/mol. The maximum Gasteiger partial charge on any atom is 0.229 e. The van der Waals surface area contributed by atoms with E-state index >= 15 is 0 Å². The minimum Gasteiger partial charge on any atom is -0.496 e. The Morgan fingerprint density at radius 3 is 2.47 bits per heavy atom. The van der Waals surface area contributed by atoms with Crippen LogP contribution in [0, 0.1) is 0 Å². The molecule has 0 atom stereocenters. The summed E-state index contributed by atoms with van der Waals surface area (Å²) in [6.07, 6.45) is 0.651. The molecule has 1 fully saturated rings. The Labute approximate surface area is 112 Å². The van der Waals surface area contributed by atoms with Gasteiger partial charge in [-0.1, -0.05) is 18.2 Å². The number of nitrogens with zero attached hydrogens (tertiary/aromatic N) is 1. The SMILES string of the molecule is COc1ccccc1C1CC(=O)N(CCN)C(=O)C1. The van der Waals surface area contributed by atoms with Crippen LogP contribution in [-0.4, -0.2) is 36.9 Å². The Balaban J connectivity index is 2.20. The summed E-state index contributed by atoms with van der Waals surface area (Å²) >= 11 is 0. The lowest BCUT2D eigenvalue weighted by atomic mass is 9.88. The third kappa shape index (κ3) is 2.76. The van der Waals surface area contributed by atoms with Crippen LogP contribution in [0.5, 0.6) is 5.75 Å². The number of hydrogen-bond donors (Lipinski definition) is 1. The standard InChI is InChI=1S/C14H18N2O3/c1-19-12-5-3-2-4-11(12)10-8-13(17)16(7-6-15)14(18)9-10/h2-5,10H,6-9,15H2,1H3. The summed E-state index contributed by atoms with van der Waals surface area (Å²) in [5, 5.41) is 0. The first-order valence-electron chi connectivity index (χ1n) is 6.33. The highest BCUT2D eigenvalue weighted by atomic mass is 16.5. The first kappa shape index (κ1) is 13.5. The Morgan fingerprint density at radius 1 is 1.26 bits per heavy atom. The van der Waals surface area contributed by atoms with Gasteiger partial charge in [0.1, 0.15) is 5.75 Å². The van der Waals surface area contributed by atoms with Crippen LogP contribution < -0.4 is 10.5 Å². The van der Waals surface area contributed by atoms with E-state index in [9.17, 15) is 9.59 Å². The minimum atomic E-state index is -0.155. The molecule has 1 aromatic carbocycles. The van der Waals surface area contributed by atoms with E-state index in [0.717, 1.165) is 11.3 Å². The molecule has 5 nitrogen and oxygen atoms in total. The first-order chi connectivity index (χ1) is 9.17. The number of ether oxygens (including phenoxy) is 1. The third-order valence-corrected chi connectivity index (χ3v) is 3.38. The summed E-state index contributed by atoms with van der Waals surface area (Å²) in [5.74, 6) is 0.306. The summed E-state index contributed by atoms with van der Waals surface area (Å²) in [6, 6.07) is 7.51. The van der Waals surface area contributed by atoms with Crippen molar-refractivity contribution in [3.63, 3.8) is 0 Å². The zero-order valence-corrected chi connectivity index (χ0v) is 11.0. The topological polar surface area (TPSA) is 72.6 Å². The van der Waals surface area contributed by atoms with Crippen LogP contribution in [-0.2, 0) is 9.59 Å². The summed E-state index contributed by atoms with van der Waals surface area (Å²) in [4.78, 5) is 25.2. The van der Waals surface area contributed by atoms with Crippen molar-refractivity contribution < 1.29 is 14.3 Å². The average molecular weight is 262 g/mol. The van der Waals surface area contributed by atoms with Gasteiger partial charge in [-0.2, -0.15) is 0 Å². The Bertz CT molecular complexity index is 469. The highest BCUT2D eigenvalue weighted by molar-refractivity contribution is 5.98. The predicted octanol–water partition coefficient (Wildman–Crippen LogP) is 0.886. The zero-order valence-electron chi connectivity index (χ0n) is 11.0. The van der Waals surface area contributed by atoms with Gasteiger partial charge in [0.25, 0.3) is 0 Å². The molecular formula is C14H18N2O3. The minimum absolute atomic E-state index is 0.106. The van der Waals surface area contributed by atoms with Gasteiger partial charge in [0.2, 0.25) is 11.8 Å². The number of hydrogen-bond acceptors (Lipinski definition) is 4. The Hall–Kier alpha value is -1.88. The lowest BCUT2D eigenvalue weighted by molar-refractivity contribution is -0.148. The van der Waals surface area contributed by atoms with Gasteiger partial charge in [-0.15, -0.1) is 0 Å². The van der Waals surface area contributed by atoms with E-state index < -0.39 is 0 Å². The quantitative estimate of drug-likeness (QED) is 0.818. The van der Waals surface area contributed by atoms with Crippen molar-refractivity contribution in [1.29, 1.82) is 0 Å². The number of rotatable bonds is 4. The molecule has 0 aromatic heterocycles. The van der Waals surface area contributed by atoms with Gasteiger partial charge in [0.15, 0.2) is 0 Å². The van der Waals surface area contributed by atoms with Gasteiger partial charge >= 0.3 is 0 Å². The van der Waals surface area contributed by atoms with Crippen LogP contribution in [0.15, 0.2) is 24.3 Å². The van der Waals surface area contributed by atoms with E-state index in [4.69, 9.17) is 10.5 Å². The fourth-order valence-corrected chi connectivity index (χ4v) is 2.46. The number of nitrogens with two attached hydrogens (primary N) is 1. The van der Waals surface area contributed by atoms with Crippen LogP contribution in [0.3, 0.4) is 0 Å². The first-order valence-corrected chi connectivity index (χ1v) is 6.33. The molecule has 2 rings (SSSR count). The largest absolute Gasteiger partial charge is 0.496 e. The van der Waals surface area contributed by atoms with Crippen LogP contribution >= 0.6 is 0 Å². The maximum absolute atomic E-state index is 12.0. The second kappa shape index (κ2) is 5.84. The van der Waals surface area contributed by atoms with Crippen molar-refractivity contribution in [3.05, 3.63) is 29.8 Å². The zero-order chi connectivity index (χ0) is 13.8. The second-order valence-electron chi connectivity index (χ2n) is 4.57. The summed E-state index contributed by atoms with van der Waals surface area (Å²) in [6.45, 7) is 0.604. The third-order valence-electron chi connectivity index (χ3n) is 3.38. The number of carbonyl (C=O) groups excluding carboxylic acids is 2. The Morgan fingerprint density at radius 2 is 1.89 bits per heavy atom. The van der Waals surface area contributed by atoms with Crippen molar-refractivity contribution >= 4 is 11.8 Å². The van der Waals surface area contributed by atoms with Crippen molar-refractivity contribution in [1.82, 2.24) is 4.90 Å². The van der Waals surface area contributed by atoms with E-state index in [-0.39, 0.29) is 17.7 Å². The number of likely N-dealkylation sites (tertiary alicyclic amines) is 1. The number of piperidine rings is 1. The maximum atomic E-state index is 12.0. The molecule has 2 N–H and O–H groups in total. The molecule has 0 radical (unpaired) electrons. The van der Waals surface area contributed by atoms with Crippen molar-refractivity contribution in [2.24, 2.45) is 5.73 Å². The van der Waals surface area contributed by atoms with Crippen LogP contribution in [0.1, 0.15) is 24.3 Å². The number of benzene rings is 1. The normalized spacial score (nSPS) is 16.8. The summed E-state index contributed by atoms with van der Waals surface area (Å²) < 4.78 is 5.29. The number of carbonyl (C=O) groups is 2. The smallest absolute Gasteiger partial charge is 0.229 e. The molecule has 2 amide bonds. The molecule has 1 aliphatic rings. The molecule has 0 saturated carbocycles. The van der Waals surface area contributed by atoms with Crippen molar-refractivity contribution in [2.45, 2.75) is 18.8 Å². The second-order valence-corrected chi connectivity index (χ2v) is 4.57. The van der Waals surface area contributed by atoms with E-state index in [1.54, 1.807) is 7.11 Å². The van der Waals surface area contributed by atoms with E-state index in [0.29, 0.717) is 25.9 Å². The highest BCUT2D eigenvalue weighted by Crippen LogP contribution is 2.34. The summed E-state index contributed by atoms with van der Waals surface area (Å²) in [7, 11) is 1.59. The van der Waals surface area contributed by atoms with E-state index in [2.05, 4.69) is 0 Å². The number of amides is 2. The number of para-hydroxylation sites is 1. The molecule has 0 spiro atoms. The Kier molecular flexibility index (Phi) is 4.16. The van der Waals surface area contributed by atoms with Gasteiger partial charge < -0.3 is 10.5 Å². The molecule has 1 aromatic rings. The molecule has 1 aliphatic heterocycles. The summed E-state index contributed by atoms with van der Waals surface area (Å²) in [5.41, 5.74) is 6.32. The van der Waals surface area contributed by atoms with Gasteiger partial charge in [-0.25, -0.2) is 0 Å². The fraction of sp³-hybridized carbons (Fsp3) is 0.429. The molecule has 5 heteroatoms. The van der Waals surface area contributed by atoms with E-state index in [1.807, 2.05) is 24.3 Å². The number of imide groups is 1. The molecule has 0 bridgehead atoms. The predicted molar refractivity (Wildman–Crippen MR) is 70.7 cm³/mol. The van der Waals surface area contributed by atoms with Gasteiger partial charge in [0.05, 0.1) is 7.11 Å². The lowest BCUT2D eigenvalue weighted by Gasteiger charge is -2.30. The fourth-order valence-electron chi connectivity index (χ4n) is 2.46. The highest BCUT2D eigenvalue weighted by Gasteiger charge is 2.33. The van der Waals surface area contributed by atoms with Gasteiger partial charge in [0, 0.05) is 31.8 Å². The van der Waals surface area contributed by atoms with Crippen LogP contribution in [0.25, 0.3) is 0 Å². The molecule has 1 heterocycles. The van der Waals surface area contributed by atoms with Crippen molar-refractivity contribution in [2.75, 3.05) is 20.2 Å². The molecule has 102 valence electrons. The van der Waals surface area contributed by atoms with Crippen LogP contribution in [0.2, 0.25) is 0 Å².